The van der Waals surface area contributed by atoms with Crippen molar-refractivity contribution < 1.29 is 8.83 Å². The molecular formula is C57H37N4O2-. The lowest BCUT2D eigenvalue weighted by molar-refractivity contribution is 0.623. The van der Waals surface area contributed by atoms with Gasteiger partial charge in [0.15, 0.2) is 5.58 Å². The van der Waals surface area contributed by atoms with Gasteiger partial charge in [-0.05, 0) is 108 Å². The zero-order chi connectivity index (χ0) is 41.8. The first-order valence-electron chi connectivity index (χ1n) is 21.4. The highest BCUT2D eigenvalue weighted by molar-refractivity contribution is 6.27. The second-order valence-electron chi connectivity index (χ2n) is 17.1. The van der Waals surface area contributed by atoms with Gasteiger partial charge in [-0.2, -0.15) is 0 Å². The van der Waals surface area contributed by atoms with Crippen molar-refractivity contribution in [2.45, 2.75) is 25.4 Å². The zero-order valence-electron chi connectivity index (χ0n) is 34.5. The van der Waals surface area contributed by atoms with E-state index in [1.807, 2.05) is 36.4 Å². The quantitative estimate of drug-likeness (QED) is 0.174. The molecule has 63 heavy (non-hydrogen) atoms. The molecular weight excluding hydrogens is 773 g/mol. The van der Waals surface area contributed by atoms with Crippen LogP contribution in [-0.4, -0.2) is 16.7 Å². The summed E-state index contributed by atoms with van der Waals surface area (Å²) in [4.78, 5) is 15.5. The van der Waals surface area contributed by atoms with Crippen molar-refractivity contribution in [3.05, 3.63) is 215 Å². The standard InChI is InChI=1S/C57H37N4O2/c1-57(2)45-18-9-8-16-41(45)44-32-39(25-27-46(44)57)55-60-53(37-22-19-34(20-23-37)33-11-4-3-5-12-33)59-54(61-55)38-24-21-36-26-29-48-50(43(36)31-38)51-49(62-48)30-28-47-52(51)63-56(58-47)42-17-10-14-35-13-6-7-15-40(35)42/h3-32,55H,1-2H3/q-1. The van der Waals surface area contributed by atoms with Gasteiger partial charge in [0.2, 0.25) is 5.89 Å². The zero-order valence-corrected chi connectivity index (χ0v) is 34.5. The first kappa shape index (κ1) is 35.6. The van der Waals surface area contributed by atoms with Crippen molar-refractivity contribution in [2.75, 3.05) is 0 Å². The summed E-state index contributed by atoms with van der Waals surface area (Å²) in [6.45, 7) is 4.61. The molecule has 0 spiro atoms. The van der Waals surface area contributed by atoms with Gasteiger partial charge in [-0.15, -0.1) is 0 Å². The normalized spacial score (nSPS) is 15.4. The maximum Gasteiger partial charge on any atom is 0.227 e. The molecule has 1 aliphatic carbocycles. The minimum Gasteiger partial charge on any atom is -0.456 e. The van der Waals surface area contributed by atoms with Crippen LogP contribution in [-0.2, 0) is 5.41 Å². The van der Waals surface area contributed by atoms with E-state index in [9.17, 15) is 0 Å². The number of hydrogen-bond acceptors (Lipinski definition) is 5. The fourth-order valence-corrected chi connectivity index (χ4v) is 9.91. The average molecular weight is 810 g/mol. The molecule has 298 valence electrons. The Morgan fingerprint density at radius 1 is 0.508 bits per heavy atom. The van der Waals surface area contributed by atoms with Gasteiger partial charge in [0.25, 0.3) is 0 Å². The summed E-state index contributed by atoms with van der Waals surface area (Å²) in [7, 11) is 0. The Bertz CT molecular complexity index is 3740. The van der Waals surface area contributed by atoms with E-state index in [2.05, 4.69) is 159 Å². The third-order valence-electron chi connectivity index (χ3n) is 13.1. The monoisotopic (exact) mass is 809 g/mol. The van der Waals surface area contributed by atoms with Crippen LogP contribution in [0.15, 0.2) is 201 Å². The van der Waals surface area contributed by atoms with Crippen molar-refractivity contribution in [3.8, 4) is 33.7 Å². The van der Waals surface area contributed by atoms with Crippen LogP contribution in [0.4, 0.5) is 0 Å². The van der Waals surface area contributed by atoms with E-state index in [1.165, 1.54) is 22.3 Å². The molecule has 13 rings (SSSR count). The molecule has 0 radical (unpaired) electrons. The third-order valence-corrected chi connectivity index (χ3v) is 13.1. The maximum absolute atomic E-state index is 6.74. The lowest BCUT2D eigenvalue weighted by atomic mass is 9.82. The van der Waals surface area contributed by atoms with E-state index in [-0.39, 0.29) is 5.41 Å². The molecule has 0 N–H and O–H groups in total. The lowest BCUT2D eigenvalue weighted by Crippen LogP contribution is -2.17. The van der Waals surface area contributed by atoms with Gasteiger partial charge < -0.3 is 19.1 Å². The maximum atomic E-state index is 6.74. The van der Waals surface area contributed by atoms with E-state index in [1.54, 1.807) is 0 Å². The van der Waals surface area contributed by atoms with E-state index in [4.69, 9.17) is 29.1 Å². The van der Waals surface area contributed by atoms with Crippen molar-refractivity contribution in [1.29, 1.82) is 0 Å². The minimum atomic E-state index is -0.509. The number of oxazole rings is 1. The molecule has 1 atom stereocenters. The lowest BCUT2D eigenvalue weighted by Gasteiger charge is -2.33. The number of aromatic nitrogens is 1. The van der Waals surface area contributed by atoms with Gasteiger partial charge in [0.1, 0.15) is 16.7 Å². The highest BCUT2D eigenvalue weighted by Gasteiger charge is 2.35. The van der Waals surface area contributed by atoms with Gasteiger partial charge in [0, 0.05) is 16.4 Å². The van der Waals surface area contributed by atoms with Crippen molar-refractivity contribution in [2.24, 2.45) is 9.98 Å². The van der Waals surface area contributed by atoms with Crippen molar-refractivity contribution in [1.82, 2.24) is 4.98 Å². The summed E-state index contributed by atoms with van der Waals surface area (Å²) >= 11 is 0. The fraction of sp³-hybridized carbons (Fsp3) is 0.0702. The summed E-state index contributed by atoms with van der Waals surface area (Å²) in [5, 5.41) is 11.5. The largest absolute Gasteiger partial charge is 0.456 e. The van der Waals surface area contributed by atoms with E-state index in [0.717, 1.165) is 82.4 Å². The highest BCUT2D eigenvalue weighted by Crippen LogP contribution is 2.50. The molecule has 2 aromatic heterocycles. The topological polar surface area (TPSA) is 78.0 Å². The molecule has 6 nitrogen and oxygen atoms in total. The Morgan fingerprint density at radius 2 is 1.19 bits per heavy atom. The Morgan fingerprint density at radius 3 is 2.10 bits per heavy atom. The van der Waals surface area contributed by atoms with Crippen LogP contribution in [0, 0.1) is 0 Å². The van der Waals surface area contributed by atoms with Crippen LogP contribution in [0.2, 0.25) is 0 Å². The molecule has 0 amide bonds. The predicted molar refractivity (Wildman–Crippen MR) is 257 cm³/mol. The highest BCUT2D eigenvalue weighted by atomic mass is 16.4. The fourth-order valence-electron chi connectivity index (χ4n) is 9.91. The predicted octanol–water partition coefficient (Wildman–Crippen LogP) is 15.0. The smallest absolute Gasteiger partial charge is 0.227 e. The van der Waals surface area contributed by atoms with Crippen LogP contribution < -0.4 is 0 Å². The molecule has 0 bridgehead atoms. The molecule has 0 fully saturated rings. The van der Waals surface area contributed by atoms with E-state index in [0.29, 0.717) is 23.1 Å². The van der Waals surface area contributed by atoms with Gasteiger partial charge in [0.05, 0.1) is 17.4 Å². The first-order valence-corrected chi connectivity index (χ1v) is 21.4. The molecule has 0 saturated heterocycles. The average Bonchev–Trinajstić information content (AvgIpc) is 4.02. The first-order chi connectivity index (χ1) is 30.9. The molecule has 0 saturated carbocycles. The summed E-state index contributed by atoms with van der Waals surface area (Å²) in [6, 6.07) is 63.5. The summed E-state index contributed by atoms with van der Waals surface area (Å²) in [6.07, 6.45) is -0.509. The summed E-state index contributed by atoms with van der Waals surface area (Å²) < 4.78 is 13.3. The van der Waals surface area contributed by atoms with E-state index < -0.39 is 6.17 Å². The van der Waals surface area contributed by atoms with Crippen LogP contribution in [0.3, 0.4) is 0 Å². The van der Waals surface area contributed by atoms with Crippen molar-refractivity contribution in [3.63, 3.8) is 0 Å². The summed E-state index contributed by atoms with van der Waals surface area (Å²) in [5.74, 6) is 1.84. The third kappa shape index (κ3) is 5.54. The Hall–Kier alpha value is -8.09. The van der Waals surface area contributed by atoms with Crippen LogP contribution >= 0.6 is 0 Å². The molecule has 1 aliphatic heterocycles. The molecule has 2 aliphatic rings. The van der Waals surface area contributed by atoms with E-state index >= 15 is 0 Å². The minimum absolute atomic E-state index is 0.0990. The number of benzene rings is 9. The van der Waals surface area contributed by atoms with Crippen molar-refractivity contribution >= 4 is 66.3 Å². The Balaban J connectivity index is 0.963. The van der Waals surface area contributed by atoms with Gasteiger partial charge in [-0.25, -0.2) is 4.98 Å². The Kier molecular flexibility index (Phi) is 7.61. The number of aliphatic imine (C=N–C) groups is 2. The molecule has 9 aromatic carbocycles. The number of amidine groups is 2. The van der Waals surface area contributed by atoms with Crippen LogP contribution in [0.1, 0.15) is 47.8 Å². The number of furan rings is 1. The molecule has 6 heteroatoms. The number of nitrogens with zero attached hydrogens (tertiary/aromatic N) is 4. The number of hydrogen-bond donors (Lipinski definition) is 0. The number of rotatable bonds is 5. The molecule has 11 aromatic rings. The molecule has 3 heterocycles. The van der Waals surface area contributed by atoms with Gasteiger partial charge in [-0.1, -0.05) is 165 Å². The summed E-state index contributed by atoms with van der Waals surface area (Å²) in [5.41, 5.74) is 14.1. The van der Waals surface area contributed by atoms with Crippen LogP contribution in [0.25, 0.3) is 93.6 Å². The second kappa shape index (κ2) is 13.5. The van der Waals surface area contributed by atoms with Gasteiger partial charge in [-0.3, -0.25) is 4.99 Å². The second-order valence-corrected chi connectivity index (χ2v) is 17.1. The Labute approximate surface area is 362 Å². The number of fused-ring (bicyclic) bond motifs is 11. The van der Waals surface area contributed by atoms with Gasteiger partial charge >= 0.3 is 0 Å². The SMILES string of the molecule is CC1(C)c2ccccc2-c2cc(C3N=C(c4ccc(-c5ccccc5)cc4)N=C(c4ccc5ccc6oc7ccc8nc(-c9cccc%10ccccc9%10)oc8c7c6c5c4)[N-]3)ccc21. The molecule has 1 unspecified atom stereocenters. The van der Waals surface area contributed by atoms with Crippen LogP contribution in [0.5, 0.6) is 0 Å².